The zero-order chi connectivity index (χ0) is 17.3. The van der Waals surface area contributed by atoms with Crippen LogP contribution < -0.4 is 4.31 Å². The van der Waals surface area contributed by atoms with E-state index in [0.717, 1.165) is 9.71 Å². The molecule has 1 aliphatic rings. The molecule has 1 aliphatic heterocycles. The number of fused-ring (bicyclic) bond motifs is 1. The number of hydrogen-bond acceptors (Lipinski definition) is 3. The molecule has 5 nitrogen and oxygen atoms in total. The van der Waals surface area contributed by atoms with Crippen LogP contribution in [-0.4, -0.2) is 26.0 Å². The maximum absolute atomic E-state index is 12.6. The highest BCUT2D eigenvalue weighted by molar-refractivity contribution is 7.95. The Morgan fingerprint density at radius 3 is 2.50 bits per heavy atom. The van der Waals surface area contributed by atoms with Crippen LogP contribution in [0.1, 0.15) is 17.0 Å². The number of carbonyl (C=O) groups is 1. The molecule has 3 rings (SSSR count). The number of nitrogens with zero attached hydrogens (tertiary/aromatic N) is 1. The van der Waals surface area contributed by atoms with Gasteiger partial charge in [-0.2, -0.15) is 0 Å². The largest absolute Gasteiger partial charge is 0.481 e. The Morgan fingerprint density at radius 1 is 1.17 bits per heavy atom. The van der Waals surface area contributed by atoms with Crippen molar-refractivity contribution in [1.82, 2.24) is 0 Å². The molecule has 0 spiro atoms. The molecule has 0 fully saturated rings. The summed E-state index contributed by atoms with van der Waals surface area (Å²) in [5.41, 5.74) is 1.60. The minimum absolute atomic E-state index is 0.109. The van der Waals surface area contributed by atoms with E-state index in [-0.39, 0.29) is 6.54 Å². The lowest BCUT2D eigenvalue weighted by atomic mass is 10.0. The summed E-state index contributed by atoms with van der Waals surface area (Å²) in [4.78, 5) is 11.4. The van der Waals surface area contributed by atoms with Crippen LogP contribution in [0.15, 0.2) is 53.9 Å². The van der Waals surface area contributed by atoms with Gasteiger partial charge in [-0.15, -0.1) is 0 Å². The van der Waals surface area contributed by atoms with Crippen LogP contribution >= 0.6 is 11.6 Å². The first-order valence-electron chi connectivity index (χ1n) is 7.16. The third kappa shape index (κ3) is 3.16. The Bertz CT molecular complexity index is 906. The number of rotatable bonds is 4. The van der Waals surface area contributed by atoms with Gasteiger partial charge < -0.3 is 5.11 Å². The number of para-hydroxylation sites is 1. The third-order valence-corrected chi connectivity index (χ3v) is 5.53. The van der Waals surface area contributed by atoms with Gasteiger partial charge in [-0.3, -0.25) is 9.10 Å². The Morgan fingerprint density at radius 2 is 1.83 bits per heavy atom. The van der Waals surface area contributed by atoms with Gasteiger partial charge in [0.25, 0.3) is 10.0 Å². The molecule has 1 atom stereocenters. The van der Waals surface area contributed by atoms with Crippen LogP contribution in [0, 0.1) is 0 Å². The van der Waals surface area contributed by atoms with E-state index in [0.29, 0.717) is 21.8 Å². The smallest absolute Gasteiger partial charge is 0.312 e. The molecule has 1 unspecified atom stereocenters. The molecular weight excluding hydrogens is 350 g/mol. The summed E-state index contributed by atoms with van der Waals surface area (Å²) in [5, 5.41) is 11.0. The summed E-state index contributed by atoms with van der Waals surface area (Å²) in [6.07, 6.45) is 1.46. The first-order valence-corrected chi connectivity index (χ1v) is 9.05. The van der Waals surface area contributed by atoms with E-state index in [1.807, 2.05) is 0 Å². The molecule has 0 saturated heterocycles. The molecule has 0 aliphatic carbocycles. The predicted octanol–water partition coefficient (Wildman–Crippen LogP) is 3.33. The number of carboxylic acid groups (broad SMARTS) is 1. The fourth-order valence-corrected chi connectivity index (χ4v) is 4.04. The third-order valence-electron chi connectivity index (χ3n) is 3.84. The molecule has 1 heterocycles. The number of anilines is 1. The normalized spacial score (nSPS) is 17.2. The van der Waals surface area contributed by atoms with E-state index >= 15 is 0 Å². The van der Waals surface area contributed by atoms with Crippen molar-refractivity contribution in [1.29, 1.82) is 0 Å². The Kier molecular flexibility index (Phi) is 4.34. The average Bonchev–Trinajstić information content (AvgIpc) is 2.95. The topological polar surface area (TPSA) is 74.7 Å². The van der Waals surface area contributed by atoms with E-state index in [1.54, 1.807) is 48.5 Å². The quantitative estimate of drug-likeness (QED) is 0.904. The maximum Gasteiger partial charge on any atom is 0.312 e. The molecule has 1 N–H and O–H groups in total. The Hall–Kier alpha value is -2.31. The zero-order valence-corrected chi connectivity index (χ0v) is 14.0. The van der Waals surface area contributed by atoms with Crippen LogP contribution in [-0.2, 0) is 14.8 Å². The standard InChI is InChI=1S/C17H14ClNO4S/c18-13-7-5-12(6-8-13)9-10-24(22,23)19-11-15(17(20)21)14-3-1-2-4-16(14)19/h1-10,15H,11H2,(H,20,21). The van der Waals surface area contributed by atoms with Crippen molar-refractivity contribution in [3.8, 4) is 0 Å². The van der Waals surface area contributed by atoms with Crippen LogP contribution in [0.4, 0.5) is 5.69 Å². The number of hydrogen-bond donors (Lipinski definition) is 1. The van der Waals surface area contributed by atoms with Crippen LogP contribution in [0.25, 0.3) is 6.08 Å². The van der Waals surface area contributed by atoms with Crippen LogP contribution in [0.2, 0.25) is 5.02 Å². The van der Waals surface area contributed by atoms with Crippen molar-refractivity contribution < 1.29 is 18.3 Å². The number of aliphatic carboxylic acids is 1. The first-order chi connectivity index (χ1) is 11.4. The Labute approximate surface area is 144 Å². The van der Waals surface area contributed by atoms with Gasteiger partial charge >= 0.3 is 5.97 Å². The fourth-order valence-electron chi connectivity index (χ4n) is 2.64. The van der Waals surface area contributed by atoms with Crippen molar-refractivity contribution in [2.24, 2.45) is 0 Å². The lowest BCUT2D eigenvalue weighted by Crippen LogP contribution is -2.29. The minimum Gasteiger partial charge on any atom is -0.481 e. The van der Waals surface area contributed by atoms with Gasteiger partial charge in [0.1, 0.15) is 5.92 Å². The van der Waals surface area contributed by atoms with Gasteiger partial charge in [0.2, 0.25) is 0 Å². The first kappa shape index (κ1) is 16.5. The second-order valence-corrected chi connectivity index (χ2v) is 7.56. The number of sulfonamides is 1. The molecule has 2 aromatic carbocycles. The van der Waals surface area contributed by atoms with Gasteiger partial charge in [0, 0.05) is 5.02 Å². The summed E-state index contributed by atoms with van der Waals surface area (Å²) >= 11 is 5.80. The van der Waals surface area contributed by atoms with Gasteiger partial charge in [-0.1, -0.05) is 41.9 Å². The van der Waals surface area contributed by atoms with E-state index in [2.05, 4.69) is 0 Å². The van der Waals surface area contributed by atoms with Gasteiger partial charge in [-0.05, 0) is 35.4 Å². The van der Waals surface area contributed by atoms with Crippen molar-refractivity contribution >= 4 is 39.4 Å². The highest BCUT2D eigenvalue weighted by atomic mass is 35.5. The van der Waals surface area contributed by atoms with E-state index in [4.69, 9.17) is 11.6 Å². The molecule has 7 heteroatoms. The monoisotopic (exact) mass is 363 g/mol. The van der Waals surface area contributed by atoms with E-state index in [1.165, 1.54) is 6.08 Å². The van der Waals surface area contributed by atoms with E-state index < -0.39 is 21.9 Å². The zero-order valence-electron chi connectivity index (χ0n) is 12.5. The van der Waals surface area contributed by atoms with Crippen LogP contribution in [0.5, 0.6) is 0 Å². The Balaban J connectivity index is 1.93. The highest BCUT2D eigenvalue weighted by Gasteiger charge is 2.38. The predicted molar refractivity (Wildman–Crippen MR) is 93.6 cm³/mol. The molecule has 124 valence electrons. The molecule has 0 radical (unpaired) electrons. The molecule has 0 aromatic heterocycles. The minimum atomic E-state index is -3.79. The molecule has 0 saturated carbocycles. The summed E-state index contributed by atoms with van der Waals surface area (Å²) in [7, 11) is -3.79. The summed E-state index contributed by atoms with van der Waals surface area (Å²) in [5.74, 6) is -1.90. The number of carboxylic acids is 1. The molecular formula is C17H14ClNO4S. The summed E-state index contributed by atoms with van der Waals surface area (Å²) in [6.45, 7) is -0.109. The van der Waals surface area contributed by atoms with Crippen molar-refractivity contribution in [3.05, 3.63) is 70.1 Å². The van der Waals surface area contributed by atoms with Crippen molar-refractivity contribution in [2.75, 3.05) is 10.8 Å². The number of halogens is 1. The molecule has 0 bridgehead atoms. The molecule has 24 heavy (non-hydrogen) atoms. The van der Waals surface area contributed by atoms with Crippen LogP contribution in [0.3, 0.4) is 0 Å². The van der Waals surface area contributed by atoms with Gasteiger partial charge in [0.05, 0.1) is 17.6 Å². The number of benzene rings is 2. The maximum atomic E-state index is 12.6. The van der Waals surface area contributed by atoms with Gasteiger partial charge in [-0.25, -0.2) is 8.42 Å². The summed E-state index contributed by atoms with van der Waals surface area (Å²) in [6, 6.07) is 13.4. The fraction of sp³-hybridized carbons (Fsp3) is 0.118. The second-order valence-electron chi connectivity index (χ2n) is 5.38. The molecule has 2 aromatic rings. The lowest BCUT2D eigenvalue weighted by Gasteiger charge is -2.17. The highest BCUT2D eigenvalue weighted by Crippen LogP contribution is 2.38. The van der Waals surface area contributed by atoms with Crippen molar-refractivity contribution in [2.45, 2.75) is 5.92 Å². The molecule has 0 amide bonds. The lowest BCUT2D eigenvalue weighted by molar-refractivity contribution is -0.138. The summed E-state index contributed by atoms with van der Waals surface area (Å²) < 4.78 is 26.4. The van der Waals surface area contributed by atoms with Gasteiger partial charge in [0.15, 0.2) is 0 Å². The van der Waals surface area contributed by atoms with E-state index in [9.17, 15) is 18.3 Å². The average molecular weight is 364 g/mol. The van der Waals surface area contributed by atoms with Crippen molar-refractivity contribution in [3.63, 3.8) is 0 Å². The second kappa shape index (κ2) is 6.30. The SMILES string of the molecule is O=C(O)C1CN(S(=O)(=O)C=Cc2ccc(Cl)cc2)c2ccccc21.